The molecular formula is C12H26N2. The van der Waals surface area contributed by atoms with Crippen LogP contribution in [0.1, 0.15) is 52.9 Å². The maximum absolute atomic E-state index is 6.37. The fourth-order valence-corrected chi connectivity index (χ4v) is 2.19. The van der Waals surface area contributed by atoms with Gasteiger partial charge in [0.2, 0.25) is 0 Å². The fraction of sp³-hybridized carbons (Fsp3) is 1.00. The Balaban J connectivity index is 2.51. The highest BCUT2D eigenvalue weighted by molar-refractivity contribution is 4.94. The van der Waals surface area contributed by atoms with Crippen molar-refractivity contribution < 1.29 is 0 Å². The minimum absolute atomic E-state index is 0.0984. The molecule has 2 heteroatoms. The van der Waals surface area contributed by atoms with Crippen molar-refractivity contribution >= 4 is 0 Å². The summed E-state index contributed by atoms with van der Waals surface area (Å²) in [6.07, 6.45) is 6.22. The average Bonchev–Trinajstić information content (AvgIpc) is 2.52. The van der Waals surface area contributed by atoms with Gasteiger partial charge in [-0.2, -0.15) is 0 Å². The van der Waals surface area contributed by atoms with Crippen LogP contribution < -0.4 is 5.73 Å². The van der Waals surface area contributed by atoms with Gasteiger partial charge in [-0.15, -0.1) is 0 Å². The number of nitrogens with zero attached hydrogens (tertiary/aromatic N) is 1. The topological polar surface area (TPSA) is 29.3 Å². The molecule has 1 aliphatic carbocycles. The highest BCUT2D eigenvalue weighted by atomic mass is 15.2. The van der Waals surface area contributed by atoms with Gasteiger partial charge in [-0.1, -0.05) is 19.8 Å². The first-order valence-electron chi connectivity index (χ1n) is 5.90. The van der Waals surface area contributed by atoms with Crippen LogP contribution in [0.2, 0.25) is 0 Å². The Kier molecular flexibility index (Phi) is 3.59. The highest BCUT2D eigenvalue weighted by Gasteiger charge is 2.33. The minimum Gasteiger partial charge on any atom is -0.324 e. The Labute approximate surface area is 88.8 Å². The van der Waals surface area contributed by atoms with Crippen LogP contribution in [0.4, 0.5) is 0 Å². The van der Waals surface area contributed by atoms with E-state index >= 15 is 0 Å². The second kappa shape index (κ2) is 4.19. The summed E-state index contributed by atoms with van der Waals surface area (Å²) in [4.78, 5) is 2.43. The van der Waals surface area contributed by atoms with Crippen LogP contribution in [0.15, 0.2) is 0 Å². The van der Waals surface area contributed by atoms with Gasteiger partial charge in [-0.05, 0) is 40.2 Å². The van der Waals surface area contributed by atoms with Crippen LogP contribution in [0.3, 0.4) is 0 Å². The van der Waals surface area contributed by atoms with Crippen LogP contribution in [0.25, 0.3) is 0 Å². The van der Waals surface area contributed by atoms with Crippen LogP contribution in [0, 0.1) is 0 Å². The molecule has 0 aliphatic heterocycles. The molecular weight excluding hydrogens is 172 g/mol. The molecule has 0 atom stereocenters. The number of rotatable bonds is 4. The highest BCUT2D eigenvalue weighted by Crippen LogP contribution is 2.30. The van der Waals surface area contributed by atoms with E-state index in [1.807, 2.05) is 0 Å². The molecule has 0 aromatic rings. The Morgan fingerprint density at radius 1 is 1.29 bits per heavy atom. The molecule has 2 N–H and O–H groups in total. The molecule has 0 spiro atoms. The van der Waals surface area contributed by atoms with E-state index in [1.54, 1.807) is 0 Å². The molecule has 0 aromatic heterocycles. The van der Waals surface area contributed by atoms with Crippen LogP contribution in [-0.2, 0) is 0 Å². The molecule has 0 heterocycles. The largest absolute Gasteiger partial charge is 0.324 e. The van der Waals surface area contributed by atoms with Crippen molar-refractivity contribution in [2.75, 3.05) is 13.6 Å². The van der Waals surface area contributed by atoms with Crippen molar-refractivity contribution in [2.45, 2.75) is 64.0 Å². The summed E-state index contributed by atoms with van der Waals surface area (Å²) in [5, 5.41) is 0. The molecule has 1 fully saturated rings. The second-order valence-electron chi connectivity index (χ2n) is 5.59. The van der Waals surface area contributed by atoms with Gasteiger partial charge in [0.25, 0.3) is 0 Å². The zero-order valence-electron chi connectivity index (χ0n) is 10.3. The third-order valence-electron chi connectivity index (χ3n) is 4.05. The molecule has 1 aliphatic rings. The van der Waals surface area contributed by atoms with E-state index in [4.69, 9.17) is 5.73 Å². The first-order chi connectivity index (χ1) is 6.40. The predicted octanol–water partition coefficient (Wildman–Crippen LogP) is 2.38. The lowest BCUT2D eigenvalue weighted by atomic mass is 9.93. The molecule has 0 aromatic carbocycles. The van der Waals surface area contributed by atoms with E-state index in [0.717, 1.165) is 6.54 Å². The van der Waals surface area contributed by atoms with E-state index in [-0.39, 0.29) is 11.1 Å². The molecule has 0 unspecified atom stereocenters. The molecule has 84 valence electrons. The monoisotopic (exact) mass is 198 g/mol. The van der Waals surface area contributed by atoms with Crippen LogP contribution >= 0.6 is 0 Å². The third-order valence-corrected chi connectivity index (χ3v) is 4.05. The number of likely N-dealkylation sites (N-methyl/N-ethyl adjacent to an activating group) is 1. The van der Waals surface area contributed by atoms with Gasteiger partial charge in [0.1, 0.15) is 0 Å². The molecule has 0 radical (unpaired) electrons. The zero-order chi connectivity index (χ0) is 10.8. The summed E-state index contributed by atoms with van der Waals surface area (Å²) in [6.45, 7) is 7.89. The molecule has 2 nitrogen and oxygen atoms in total. The third kappa shape index (κ3) is 2.71. The van der Waals surface area contributed by atoms with Gasteiger partial charge in [0.05, 0.1) is 0 Å². The van der Waals surface area contributed by atoms with Crippen LogP contribution in [-0.4, -0.2) is 29.6 Å². The number of nitrogens with two attached hydrogens (primary N) is 1. The Morgan fingerprint density at radius 2 is 1.79 bits per heavy atom. The fourth-order valence-electron chi connectivity index (χ4n) is 2.19. The lowest BCUT2D eigenvalue weighted by Crippen LogP contribution is -2.53. The minimum atomic E-state index is 0.0984. The molecule has 1 rings (SSSR count). The number of hydrogen-bond acceptors (Lipinski definition) is 2. The van der Waals surface area contributed by atoms with Crippen molar-refractivity contribution in [1.82, 2.24) is 4.90 Å². The molecule has 1 saturated carbocycles. The van der Waals surface area contributed by atoms with E-state index in [1.165, 1.54) is 32.1 Å². The van der Waals surface area contributed by atoms with Gasteiger partial charge in [0, 0.05) is 17.6 Å². The van der Waals surface area contributed by atoms with Crippen LogP contribution in [0.5, 0.6) is 0 Å². The maximum atomic E-state index is 6.37. The molecule has 0 bridgehead atoms. The van der Waals surface area contributed by atoms with Gasteiger partial charge in [0.15, 0.2) is 0 Å². The van der Waals surface area contributed by atoms with Crippen molar-refractivity contribution in [3.8, 4) is 0 Å². The quantitative estimate of drug-likeness (QED) is 0.751. The summed E-state index contributed by atoms with van der Waals surface area (Å²) in [5.41, 5.74) is 6.75. The lowest BCUT2D eigenvalue weighted by Gasteiger charge is -2.40. The molecule has 14 heavy (non-hydrogen) atoms. The van der Waals surface area contributed by atoms with E-state index < -0.39 is 0 Å². The van der Waals surface area contributed by atoms with Crippen molar-refractivity contribution in [2.24, 2.45) is 5.73 Å². The summed E-state index contributed by atoms with van der Waals surface area (Å²) < 4.78 is 0. The maximum Gasteiger partial charge on any atom is 0.0283 e. The Bertz CT molecular complexity index is 181. The van der Waals surface area contributed by atoms with E-state index in [9.17, 15) is 0 Å². The van der Waals surface area contributed by atoms with Gasteiger partial charge in [-0.3, -0.25) is 4.90 Å². The SMILES string of the molecule is CCC(C)(C)N(C)CC1(N)CCCC1. The average molecular weight is 198 g/mol. The van der Waals surface area contributed by atoms with Crippen molar-refractivity contribution in [1.29, 1.82) is 0 Å². The first-order valence-corrected chi connectivity index (χ1v) is 5.90. The Hall–Kier alpha value is -0.0800. The standard InChI is InChI=1S/C12H26N2/c1-5-11(2,3)14(4)10-12(13)8-6-7-9-12/h5-10,13H2,1-4H3. The van der Waals surface area contributed by atoms with E-state index in [2.05, 4.69) is 32.7 Å². The summed E-state index contributed by atoms with van der Waals surface area (Å²) >= 11 is 0. The number of hydrogen-bond donors (Lipinski definition) is 1. The molecule has 0 saturated heterocycles. The van der Waals surface area contributed by atoms with Crippen molar-refractivity contribution in [3.05, 3.63) is 0 Å². The van der Waals surface area contributed by atoms with Gasteiger partial charge < -0.3 is 5.73 Å². The summed E-state index contributed by atoms with van der Waals surface area (Å²) in [7, 11) is 2.20. The van der Waals surface area contributed by atoms with Gasteiger partial charge >= 0.3 is 0 Å². The van der Waals surface area contributed by atoms with Crippen molar-refractivity contribution in [3.63, 3.8) is 0 Å². The second-order valence-corrected chi connectivity index (χ2v) is 5.59. The zero-order valence-corrected chi connectivity index (χ0v) is 10.3. The van der Waals surface area contributed by atoms with E-state index in [0.29, 0.717) is 0 Å². The lowest BCUT2D eigenvalue weighted by molar-refractivity contribution is 0.117. The first kappa shape index (κ1) is 12.0. The molecule has 0 amide bonds. The predicted molar refractivity (Wildman–Crippen MR) is 62.4 cm³/mol. The summed E-state index contributed by atoms with van der Waals surface area (Å²) in [5.74, 6) is 0. The summed E-state index contributed by atoms with van der Waals surface area (Å²) in [6, 6.07) is 0. The van der Waals surface area contributed by atoms with Gasteiger partial charge in [-0.25, -0.2) is 0 Å². The smallest absolute Gasteiger partial charge is 0.0283 e. The Morgan fingerprint density at radius 3 is 2.21 bits per heavy atom. The normalized spacial score (nSPS) is 21.9.